The molecule has 3 nitrogen and oxygen atoms in total. The van der Waals surface area contributed by atoms with Gasteiger partial charge in [0.15, 0.2) is 0 Å². The van der Waals surface area contributed by atoms with Gasteiger partial charge in [-0.2, -0.15) is 0 Å². The third-order valence-electron chi connectivity index (χ3n) is 2.33. The Morgan fingerprint density at radius 1 is 1.60 bits per heavy atom. The first-order chi connectivity index (χ1) is 7.22. The van der Waals surface area contributed by atoms with Gasteiger partial charge in [-0.25, -0.2) is 0 Å². The molecule has 0 radical (unpaired) electrons. The molecule has 82 valence electrons. The normalized spacial score (nSPS) is 20.6. The molecule has 1 aliphatic heterocycles. The first kappa shape index (κ1) is 11.2. The van der Waals surface area contributed by atoms with E-state index in [9.17, 15) is 0 Å². The van der Waals surface area contributed by atoms with Crippen LogP contribution in [0.1, 0.15) is 11.6 Å². The van der Waals surface area contributed by atoms with Crippen LogP contribution in [0.2, 0.25) is 5.02 Å². The van der Waals surface area contributed by atoms with Crippen LogP contribution in [0.25, 0.3) is 0 Å². The Bertz CT molecular complexity index is 367. The Hall–Kier alpha value is -0.290. The van der Waals surface area contributed by atoms with Gasteiger partial charge in [0.1, 0.15) is 5.75 Å². The minimum absolute atomic E-state index is 0.148. The fraction of sp³-hybridized carbons (Fsp3) is 0.400. The minimum atomic E-state index is 0.148. The van der Waals surface area contributed by atoms with Crippen LogP contribution in [0.3, 0.4) is 0 Å². The molecule has 1 aromatic carbocycles. The molecular formula is C10H11BrClNO2. The van der Waals surface area contributed by atoms with Crippen LogP contribution in [0.5, 0.6) is 5.75 Å². The molecule has 0 aromatic heterocycles. The first-order valence-corrected chi connectivity index (χ1v) is 5.73. The molecule has 15 heavy (non-hydrogen) atoms. The van der Waals surface area contributed by atoms with Crippen LogP contribution in [-0.4, -0.2) is 20.4 Å². The lowest BCUT2D eigenvalue weighted by molar-refractivity contribution is 0.189. The van der Waals surface area contributed by atoms with E-state index in [0.717, 1.165) is 15.8 Å². The molecule has 1 atom stereocenters. The Labute approximate surface area is 102 Å². The molecule has 1 saturated heterocycles. The van der Waals surface area contributed by atoms with Crippen LogP contribution in [-0.2, 0) is 4.74 Å². The van der Waals surface area contributed by atoms with Crippen LogP contribution < -0.4 is 10.1 Å². The van der Waals surface area contributed by atoms with Crippen molar-refractivity contribution in [2.75, 3.05) is 20.4 Å². The Balaban J connectivity index is 2.42. The van der Waals surface area contributed by atoms with E-state index in [-0.39, 0.29) is 6.04 Å². The molecular weight excluding hydrogens is 281 g/mol. The quantitative estimate of drug-likeness (QED) is 0.909. The summed E-state index contributed by atoms with van der Waals surface area (Å²) < 4.78 is 11.5. The maximum absolute atomic E-state index is 6.00. The van der Waals surface area contributed by atoms with Gasteiger partial charge < -0.3 is 9.47 Å². The van der Waals surface area contributed by atoms with Crippen LogP contribution in [0.15, 0.2) is 16.6 Å². The summed E-state index contributed by atoms with van der Waals surface area (Å²) in [6, 6.07) is 3.87. The van der Waals surface area contributed by atoms with Gasteiger partial charge in [-0.05, 0) is 28.1 Å². The molecule has 0 spiro atoms. The molecule has 1 unspecified atom stereocenters. The highest BCUT2D eigenvalue weighted by Crippen LogP contribution is 2.36. The first-order valence-electron chi connectivity index (χ1n) is 4.56. The minimum Gasteiger partial charge on any atom is -0.495 e. The topological polar surface area (TPSA) is 30.5 Å². The average molecular weight is 293 g/mol. The number of nitrogens with one attached hydrogen (secondary N) is 1. The van der Waals surface area contributed by atoms with E-state index >= 15 is 0 Å². The van der Waals surface area contributed by atoms with Gasteiger partial charge in [0.25, 0.3) is 0 Å². The van der Waals surface area contributed by atoms with Crippen LogP contribution in [0.4, 0.5) is 0 Å². The summed E-state index contributed by atoms with van der Waals surface area (Å²) >= 11 is 9.43. The number of methoxy groups -OCH3 is 1. The highest BCUT2D eigenvalue weighted by atomic mass is 79.9. The zero-order valence-electron chi connectivity index (χ0n) is 8.22. The highest BCUT2D eigenvalue weighted by Gasteiger charge is 2.22. The zero-order valence-corrected chi connectivity index (χ0v) is 10.6. The van der Waals surface area contributed by atoms with Crippen molar-refractivity contribution in [2.45, 2.75) is 6.04 Å². The number of rotatable bonds is 2. The molecule has 0 bridgehead atoms. The fourth-order valence-electron chi connectivity index (χ4n) is 1.65. The standard InChI is InChI=1S/C10H11BrClNO2/c1-14-10-7(9-4-15-5-13-9)2-6(12)3-8(10)11/h2-3,9,13H,4-5H2,1H3. The predicted octanol–water partition coefficient (Wildman–Crippen LogP) is 2.73. The summed E-state index contributed by atoms with van der Waals surface area (Å²) in [7, 11) is 1.65. The van der Waals surface area contributed by atoms with E-state index in [4.69, 9.17) is 21.1 Å². The Kier molecular flexibility index (Phi) is 3.51. The number of hydrogen-bond acceptors (Lipinski definition) is 3. The predicted molar refractivity (Wildman–Crippen MR) is 62.4 cm³/mol. The summed E-state index contributed by atoms with van der Waals surface area (Å²) in [6.45, 7) is 1.21. The van der Waals surface area contributed by atoms with Gasteiger partial charge in [-0.3, -0.25) is 5.32 Å². The molecule has 1 aromatic rings. The van der Waals surface area contributed by atoms with E-state index < -0.39 is 0 Å². The molecule has 1 aliphatic rings. The van der Waals surface area contributed by atoms with Gasteiger partial charge in [0, 0.05) is 10.6 Å². The second-order valence-corrected chi connectivity index (χ2v) is 4.57. The van der Waals surface area contributed by atoms with Gasteiger partial charge >= 0.3 is 0 Å². The molecule has 1 heterocycles. The molecule has 2 rings (SSSR count). The largest absolute Gasteiger partial charge is 0.495 e. The average Bonchev–Trinajstić information content (AvgIpc) is 2.69. The molecule has 5 heteroatoms. The number of hydrogen-bond donors (Lipinski definition) is 1. The molecule has 0 saturated carbocycles. The summed E-state index contributed by atoms with van der Waals surface area (Å²) in [5.74, 6) is 0.808. The van der Waals surface area contributed by atoms with Crippen molar-refractivity contribution in [2.24, 2.45) is 0 Å². The lowest BCUT2D eigenvalue weighted by atomic mass is 10.1. The van der Waals surface area contributed by atoms with Crippen molar-refractivity contribution >= 4 is 27.5 Å². The molecule has 0 amide bonds. The third kappa shape index (κ3) is 2.28. The zero-order chi connectivity index (χ0) is 10.8. The summed E-state index contributed by atoms with van der Waals surface area (Å²) in [6.07, 6.45) is 0. The summed E-state index contributed by atoms with van der Waals surface area (Å²) in [5.41, 5.74) is 1.02. The van der Waals surface area contributed by atoms with Gasteiger partial charge in [0.2, 0.25) is 0 Å². The fourth-order valence-corrected chi connectivity index (χ4v) is 2.65. The van der Waals surface area contributed by atoms with Crippen molar-refractivity contribution in [3.05, 3.63) is 27.2 Å². The second kappa shape index (κ2) is 4.70. The van der Waals surface area contributed by atoms with Crippen molar-refractivity contribution in [1.82, 2.24) is 5.32 Å². The second-order valence-electron chi connectivity index (χ2n) is 3.28. The molecule has 0 aliphatic carbocycles. The van der Waals surface area contributed by atoms with Gasteiger partial charge in [0.05, 0.1) is 31.0 Å². The number of halogens is 2. The maximum Gasteiger partial charge on any atom is 0.138 e. The monoisotopic (exact) mass is 291 g/mol. The van der Waals surface area contributed by atoms with E-state index in [1.165, 1.54) is 0 Å². The van der Waals surface area contributed by atoms with E-state index in [2.05, 4.69) is 21.2 Å². The third-order valence-corrected chi connectivity index (χ3v) is 3.14. The van der Waals surface area contributed by atoms with Crippen molar-refractivity contribution in [3.63, 3.8) is 0 Å². The van der Waals surface area contributed by atoms with Crippen LogP contribution >= 0.6 is 27.5 Å². The SMILES string of the molecule is COc1c(Br)cc(Cl)cc1C1COCN1. The molecule has 1 fully saturated rings. The van der Waals surface area contributed by atoms with Crippen molar-refractivity contribution in [3.8, 4) is 5.75 Å². The van der Waals surface area contributed by atoms with E-state index in [0.29, 0.717) is 18.4 Å². The summed E-state index contributed by atoms with van der Waals surface area (Å²) in [5, 5.41) is 3.91. The van der Waals surface area contributed by atoms with E-state index in [1.54, 1.807) is 7.11 Å². The lowest BCUT2D eigenvalue weighted by Gasteiger charge is -2.15. The van der Waals surface area contributed by atoms with Gasteiger partial charge in [-0.1, -0.05) is 11.6 Å². The lowest BCUT2D eigenvalue weighted by Crippen LogP contribution is -2.15. The smallest absolute Gasteiger partial charge is 0.138 e. The van der Waals surface area contributed by atoms with Crippen LogP contribution in [0, 0.1) is 0 Å². The highest BCUT2D eigenvalue weighted by molar-refractivity contribution is 9.10. The maximum atomic E-state index is 6.00. The Morgan fingerprint density at radius 2 is 2.40 bits per heavy atom. The summed E-state index contributed by atoms with van der Waals surface area (Å²) in [4.78, 5) is 0. The number of ether oxygens (including phenoxy) is 2. The molecule has 1 N–H and O–H groups in total. The van der Waals surface area contributed by atoms with Crippen molar-refractivity contribution in [1.29, 1.82) is 0 Å². The van der Waals surface area contributed by atoms with Crippen molar-refractivity contribution < 1.29 is 9.47 Å². The van der Waals surface area contributed by atoms with Gasteiger partial charge in [-0.15, -0.1) is 0 Å². The Morgan fingerprint density at radius 3 is 3.00 bits per heavy atom. The number of benzene rings is 1. The van der Waals surface area contributed by atoms with E-state index in [1.807, 2.05) is 12.1 Å².